The highest BCUT2D eigenvalue weighted by Gasteiger charge is 2.45. The summed E-state index contributed by atoms with van der Waals surface area (Å²) in [6, 6.07) is 4.13. The second-order valence-corrected chi connectivity index (χ2v) is 5.94. The monoisotopic (exact) mass is 246 g/mol. The summed E-state index contributed by atoms with van der Waals surface area (Å²) in [6.07, 6.45) is 0.430. The molecule has 1 aliphatic heterocycles. The van der Waals surface area contributed by atoms with Gasteiger partial charge >= 0.3 is 0 Å². The largest absolute Gasteiger partial charge is 0.325 e. The van der Waals surface area contributed by atoms with Gasteiger partial charge in [-0.15, -0.1) is 0 Å². The van der Waals surface area contributed by atoms with E-state index in [4.69, 9.17) is 5.73 Å². The summed E-state index contributed by atoms with van der Waals surface area (Å²) in [4.78, 5) is 14.1. The van der Waals surface area contributed by atoms with Crippen LogP contribution in [-0.4, -0.2) is 17.5 Å². The van der Waals surface area contributed by atoms with Crippen LogP contribution < -0.4 is 10.6 Å². The topological polar surface area (TPSA) is 46.3 Å². The van der Waals surface area contributed by atoms with Gasteiger partial charge in [0.2, 0.25) is 5.91 Å². The molecule has 18 heavy (non-hydrogen) atoms. The first-order valence-corrected chi connectivity index (χ1v) is 6.41. The lowest BCUT2D eigenvalue weighted by Gasteiger charge is -2.36. The van der Waals surface area contributed by atoms with E-state index in [0.717, 1.165) is 16.8 Å². The van der Waals surface area contributed by atoms with Crippen LogP contribution in [0.2, 0.25) is 0 Å². The van der Waals surface area contributed by atoms with Crippen LogP contribution in [0.3, 0.4) is 0 Å². The third kappa shape index (κ3) is 1.83. The van der Waals surface area contributed by atoms with Crippen LogP contribution in [-0.2, 0) is 4.79 Å². The van der Waals surface area contributed by atoms with E-state index >= 15 is 0 Å². The summed E-state index contributed by atoms with van der Waals surface area (Å²) in [5.74, 6) is 0.127. The summed E-state index contributed by atoms with van der Waals surface area (Å²) in [7, 11) is 0. The Labute approximate surface area is 109 Å². The lowest BCUT2D eigenvalue weighted by molar-refractivity contribution is -0.117. The Morgan fingerprint density at radius 3 is 2.11 bits per heavy atom. The van der Waals surface area contributed by atoms with Crippen molar-refractivity contribution in [1.82, 2.24) is 0 Å². The van der Waals surface area contributed by atoms with Crippen LogP contribution in [0.5, 0.6) is 0 Å². The second kappa shape index (κ2) is 4.09. The van der Waals surface area contributed by atoms with Gasteiger partial charge in [0.15, 0.2) is 0 Å². The maximum absolute atomic E-state index is 12.2. The van der Waals surface area contributed by atoms with Crippen molar-refractivity contribution in [3.8, 4) is 0 Å². The molecule has 0 aliphatic carbocycles. The van der Waals surface area contributed by atoms with Gasteiger partial charge in [-0.3, -0.25) is 4.79 Å². The average Bonchev–Trinajstić information content (AvgIpc) is 2.39. The molecule has 1 aliphatic rings. The van der Waals surface area contributed by atoms with E-state index in [1.807, 2.05) is 18.7 Å². The van der Waals surface area contributed by atoms with Crippen LogP contribution in [0.15, 0.2) is 12.1 Å². The summed E-state index contributed by atoms with van der Waals surface area (Å²) in [6.45, 7) is 10.3. The fourth-order valence-corrected chi connectivity index (χ4v) is 2.95. The molecule has 1 fully saturated rings. The fraction of sp³-hybridized carbons (Fsp3) is 0.533. The van der Waals surface area contributed by atoms with Gasteiger partial charge in [-0.1, -0.05) is 17.7 Å². The molecular weight excluding hydrogens is 224 g/mol. The zero-order chi connectivity index (χ0) is 13.7. The van der Waals surface area contributed by atoms with Gasteiger partial charge in [0, 0.05) is 12.5 Å². The third-order valence-corrected chi connectivity index (χ3v) is 3.99. The van der Waals surface area contributed by atoms with Gasteiger partial charge in [0.05, 0.1) is 11.2 Å². The molecule has 1 aromatic carbocycles. The van der Waals surface area contributed by atoms with Crippen LogP contribution in [0.4, 0.5) is 5.69 Å². The molecule has 2 N–H and O–H groups in total. The Morgan fingerprint density at radius 2 is 1.72 bits per heavy atom. The number of aryl methyl sites for hydroxylation is 3. The maximum Gasteiger partial charge on any atom is 0.229 e. The zero-order valence-corrected chi connectivity index (χ0v) is 11.9. The molecule has 1 atom stereocenters. The standard InChI is InChI=1S/C15H22N2O/c1-9-6-10(2)14(11(3)7-9)17-13(18)8-12(16)15(17,4)5/h6-7,12H,8,16H2,1-5H3. The predicted molar refractivity (Wildman–Crippen MR) is 74.8 cm³/mol. The summed E-state index contributed by atoms with van der Waals surface area (Å²) in [5.41, 5.74) is 10.3. The van der Waals surface area contributed by atoms with E-state index < -0.39 is 0 Å². The number of carbonyl (C=O) groups excluding carboxylic acids is 1. The van der Waals surface area contributed by atoms with Crippen molar-refractivity contribution in [2.24, 2.45) is 5.73 Å². The number of benzene rings is 1. The van der Waals surface area contributed by atoms with Crippen molar-refractivity contribution in [3.05, 3.63) is 28.8 Å². The van der Waals surface area contributed by atoms with E-state index in [-0.39, 0.29) is 17.5 Å². The summed E-state index contributed by atoms with van der Waals surface area (Å²) < 4.78 is 0. The molecular formula is C15H22N2O. The molecule has 1 amide bonds. The van der Waals surface area contributed by atoms with Gasteiger partial charge in [0.25, 0.3) is 0 Å². The summed E-state index contributed by atoms with van der Waals surface area (Å²) >= 11 is 0. The van der Waals surface area contributed by atoms with Gasteiger partial charge in [0.1, 0.15) is 0 Å². The smallest absolute Gasteiger partial charge is 0.229 e. The molecule has 3 nitrogen and oxygen atoms in total. The molecule has 1 unspecified atom stereocenters. The number of carbonyl (C=O) groups is 1. The Hall–Kier alpha value is -1.35. The van der Waals surface area contributed by atoms with Gasteiger partial charge < -0.3 is 10.6 Å². The summed E-state index contributed by atoms with van der Waals surface area (Å²) in [5, 5.41) is 0. The Bertz CT molecular complexity index is 482. The van der Waals surface area contributed by atoms with Crippen LogP contribution >= 0.6 is 0 Å². The van der Waals surface area contributed by atoms with Gasteiger partial charge in [-0.25, -0.2) is 0 Å². The van der Waals surface area contributed by atoms with Crippen molar-refractivity contribution in [2.45, 2.75) is 52.6 Å². The molecule has 1 heterocycles. The predicted octanol–water partition coefficient (Wildman–Crippen LogP) is 2.45. The van der Waals surface area contributed by atoms with Crippen molar-refractivity contribution in [1.29, 1.82) is 0 Å². The second-order valence-electron chi connectivity index (χ2n) is 5.94. The molecule has 1 saturated heterocycles. The molecule has 3 heteroatoms. The van der Waals surface area contributed by atoms with E-state index in [1.165, 1.54) is 5.56 Å². The molecule has 98 valence electrons. The fourth-order valence-electron chi connectivity index (χ4n) is 2.95. The number of anilines is 1. The minimum atomic E-state index is -0.318. The molecule has 0 bridgehead atoms. The van der Waals surface area contributed by atoms with E-state index in [2.05, 4.69) is 32.9 Å². The maximum atomic E-state index is 12.2. The normalized spacial score (nSPS) is 22.7. The number of hydrogen-bond donors (Lipinski definition) is 1. The number of hydrogen-bond acceptors (Lipinski definition) is 2. The zero-order valence-electron chi connectivity index (χ0n) is 11.9. The highest BCUT2D eigenvalue weighted by Crippen LogP contribution is 2.38. The van der Waals surface area contributed by atoms with E-state index in [1.54, 1.807) is 0 Å². The third-order valence-electron chi connectivity index (χ3n) is 3.99. The molecule has 0 saturated carbocycles. The molecule has 0 radical (unpaired) electrons. The van der Waals surface area contributed by atoms with Crippen molar-refractivity contribution >= 4 is 11.6 Å². The van der Waals surface area contributed by atoms with Crippen molar-refractivity contribution < 1.29 is 4.79 Å². The highest BCUT2D eigenvalue weighted by molar-refractivity contribution is 5.99. The molecule has 0 aromatic heterocycles. The number of nitrogens with two attached hydrogens (primary N) is 1. The number of rotatable bonds is 1. The van der Waals surface area contributed by atoms with Crippen LogP contribution in [0.1, 0.15) is 37.0 Å². The van der Waals surface area contributed by atoms with E-state index in [0.29, 0.717) is 6.42 Å². The Kier molecular flexibility index (Phi) is 2.98. The van der Waals surface area contributed by atoms with E-state index in [9.17, 15) is 4.79 Å². The van der Waals surface area contributed by atoms with Crippen molar-refractivity contribution in [3.63, 3.8) is 0 Å². The first-order chi connectivity index (χ1) is 8.25. The van der Waals surface area contributed by atoms with Crippen molar-refractivity contribution in [2.75, 3.05) is 4.90 Å². The lowest BCUT2D eigenvalue weighted by atomic mass is 9.94. The van der Waals surface area contributed by atoms with Crippen LogP contribution in [0.25, 0.3) is 0 Å². The highest BCUT2D eigenvalue weighted by atomic mass is 16.2. The molecule has 2 rings (SSSR count). The first kappa shape index (κ1) is 13.1. The SMILES string of the molecule is Cc1cc(C)c(N2C(=O)CC(N)C2(C)C)c(C)c1. The van der Waals surface area contributed by atoms with Crippen LogP contribution in [0, 0.1) is 20.8 Å². The lowest BCUT2D eigenvalue weighted by Crippen LogP contribution is -2.50. The Morgan fingerprint density at radius 1 is 1.22 bits per heavy atom. The minimum Gasteiger partial charge on any atom is -0.325 e. The van der Waals surface area contributed by atoms with Gasteiger partial charge in [-0.2, -0.15) is 0 Å². The van der Waals surface area contributed by atoms with Gasteiger partial charge in [-0.05, 0) is 45.7 Å². The minimum absolute atomic E-state index is 0.106. The number of amides is 1. The molecule has 1 aromatic rings. The Balaban J connectivity index is 2.59. The quantitative estimate of drug-likeness (QED) is 0.827. The molecule has 0 spiro atoms. The number of nitrogens with zero attached hydrogens (tertiary/aromatic N) is 1. The first-order valence-electron chi connectivity index (χ1n) is 6.41. The average molecular weight is 246 g/mol.